The normalized spacial score (nSPS) is 10.3. The van der Waals surface area contributed by atoms with Gasteiger partial charge >= 0.3 is 0 Å². The Labute approximate surface area is 168 Å². The summed E-state index contributed by atoms with van der Waals surface area (Å²) >= 11 is 3.45. The van der Waals surface area contributed by atoms with Gasteiger partial charge < -0.3 is 15.4 Å². The first kappa shape index (κ1) is 21.0. The number of unbranched alkanes of at least 4 members (excludes halogenated alkanes) is 1. The zero-order chi connectivity index (χ0) is 19.6. The third kappa shape index (κ3) is 6.40. The third-order valence-corrected chi connectivity index (χ3v) is 4.49. The fourth-order valence-corrected chi connectivity index (χ4v) is 2.86. The molecule has 0 radical (unpaired) electrons. The van der Waals surface area contributed by atoms with Crippen LogP contribution in [0.2, 0.25) is 0 Å². The molecular weight excluding hydrogens is 408 g/mol. The lowest BCUT2D eigenvalue weighted by Gasteiger charge is -2.11. The predicted octanol–water partition coefficient (Wildman–Crippen LogP) is 5.02. The average molecular weight is 433 g/mol. The van der Waals surface area contributed by atoms with Gasteiger partial charge in [0.15, 0.2) is 0 Å². The number of hydrogen-bond acceptors (Lipinski definition) is 3. The number of halogens is 1. The average Bonchev–Trinajstić information content (AvgIpc) is 2.67. The number of carbonyl (C=O) groups is 2. The maximum Gasteiger partial charge on any atom is 0.255 e. The topological polar surface area (TPSA) is 67.4 Å². The molecule has 0 heterocycles. The van der Waals surface area contributed by atoms with E-state index in [1.165, 1.54) is 0 Å². The molecule has 27 heavy (non-hydrogen) atoms. The molecule has 0 saturated carbocycles. The Morgan fingerprint density at radius 3 is 2.48 bits per heavy atom. The molecule has 2 amide bonds. The molecule has 0 unspecified atom stereocenters. The van der Waals surface area contributed by atoms with Gasteiger partial charge in [-0.05, 0) is 65.2 Å². The number of nitrogens with one attached hydrogen (secondary N) is 2. The molecule has 0 bridgehead atoms. The molecule has 0 spiro atoms. The van der Waals surface area contributed by atoms with Crippen molar-refractivity contribution in [2.45, 2.75) is 33.1 Å². The number of anilines is 1. The highest BCUT2D eigenvalue weighted by Crippen LogP contribution is 2.26. The fraction of sp³-hybridized carbons (Fsp3) is 0.333. The first-order chi connectivity index (χ1) is 13.0. The van der Waals surface area contributed by atoms with Crippen LogP contribution in [0.5, 0.6) is 5.75 Å². The Morgan fingerprint density at radius 1 is 1.00 bits per heavy atom. The van der Waals surface area contributed by atoms with Gasteiger partial charge in [-0.3, -0.25) is 9.59 Å². The van der Waals surface area contributed by atoms with Crippen LogP contribution in [-0.2, 0) is 0 Å². The summed E-state index contributed by atoms with van der Waals surface area (Å²) in [4.78, 5) is 24.6. The minimum atomic E-state index is -0.248. The van der Waals surface area contributed by atoms with Gasteiger partial charge in [0, 0.05) is 23.4 Å². The summed E-state index contributed by atoms with van der Waals surface area (Å²) in [7, 11) is 0. The third-order valence-electron chi connectivity index (χ3n) is 3.87. The van der Waals surface area contributed by atoms with Crippen molar-refractivity contribution in [2.24, 2.45) is 0 Å². The van der Waals surface area contributed by atoms with Crippen LogP contribution >= 0.6 is 15.9 Å². The van der Waals surface area contributed by atoms with Crippen LogP contribution in [0.4, 0.5) is 5.69 Å². The summed E-state index contributed by atoms with van der Waals surface area (Å²) in [6, 6.07) is 12.1. The van der Waals surface area contributed by atoms with Crippen molar-refractivity contribution in [3.8, 4) is 5.75 Å². The van der Waals surface area contributed by atoms with Crippen molar-refractivity contribution in [1.82, 2.24) is 5.32 Å². The summed E-state index contributed by atoms with van der Waals surface area (Å²) in [5.41, 5.74) is 1.59. The predicted molar refractivity (Wildman–Crippen MR) is 112 cm³/mol. The van der Waals surface area contributed by atoms with Crippen molar-refractivity contribution >= 4 is 33.4 Å². The maximum atomic E-state index is 12.5. The standard InChI is InChI=1S/C21H25BrN2O3/c1-3-5-12-27-19-10-9-16(14-18(19)22)21(26)24-17-8-6-7-15(13-17)20(25)23-11-4-2/h6-10,13-14H,3-5,11-12H2,1-2H3,(H,23,25)(H,24,26). The van der Waals surface area contributed by atoms with E-state index in [9.17, 15) is 9.59 Å². The smallest absolute Gasteiger partial charge is 0.255 e. The van der Waals surface area contributed by atoms with Gasteiger partial charge in [-0.25, -0.2) is 0 Å². The second-order valence-corrected chi connectivity index (χ2v) is 6.99. The summed E-state index contributed by atoms with van der Waals surface area (Å²) < 4.78 is 6.42. The molecule has 2 aromatic rings. The summed E-state index contributed by atoms with van der Waals surface area (Å²) in [6.45, 7) is 5.37. The molecule has 0 aliphatic heterocycles. The lowest BCUT2D eigenvalue weighted by Crippen LogP contribution is -2.24. The van der Waals surface area contributed by atoms with Crippen LogP contribution in [0.1, 0.15) is 53.8 Å². The minimum Gasteiger partial charge on any atom is -0.492 e. The molecule has 2 aromatic carbocycles. The lowest BCUT2D eigenvalue weighted by molar-refractivity contribution is 0.0952. The van der Waals surface area contributed by atoms with Gasteiger partial charge in [0.1, 0.15) is 5.75 Å². The van der Waals surface area contributed by atoms with Gasteiger partial charge in [-0.15, -0.1) is 0 Å². The van der Waals surface area contributed by atoms with Gasteiger partial charge in [0.25, 0.3) is 11.8 Å². The van der Waals surface area contributed by atoms with Crippen LogP contribution in [0, 0.1) is 0 Å². The number of rotatable bonds is 9. The highest BCUT2D eigenvalue weighted by atomic mass is 79.9. The molecule has 0 atom stereocenters. The Morgan fingerprint density at radius 2 is 1.78 bits per heavy atom. The molecule has 2 N–H and O–H groups in total. The van der Waals surface area contributed by atoms with E-state index in [-0.39, 0.29) is 11.8 Å². The maximum absolute atomic E-state index is 12.5. The molecule has 0 aromatic heterocycles. The lowest BCUT2D eigenvalue weighted by atomic mass is 10.1. The highest BCUT2D eigenvalue weighted by Gasteiger charge is 2.11. The zero-order valence-corrected chi connectivity index (χ0v) is 17.3. The highest BCUT2D eigenvalue weighted by molar-refractivity contribution is 9.10. The van der Waals surface area contributed by atoms with E-state index in [2.05, 4.69) is 33.5 Å². The SMILES string of the molecule is CCCCOc1ccc(C(=O)Nc2cccc(C(=O)NCCC)c2)cc1Br. The van der Waals surface area contributed by atoms with E-state index in [1.54, 1.807) is 42.5 Å². The Hall–Kier alpha value is -2.34. The first-order valence-electron chi connectivity index (χ1n) is 9.17. The molecule has 0 saturated heterocycles. The second-order valence-electron chi connectivity index (χ2n) is 6.14. The van der Waals surface area contributed by atoms with Gasteiger partial charge in [0.05, 0.1) is 11.1 Å². The molecule has 0 aliphatic rings. The monoisotopic (exact) mass is 432 g/mol. The Bertz CT molecular complexity index is 793. The molecule has 0 aliphatic carbocycles. The van der Waals surface area contributed by atoms with Crippen LogP contribution in [0.15, 0.2) is 46.9 Å². The van der Waals surface area contributed by atoms with E-state index in [1.807, 2.05) is 6.92 Å². The van der Waals surface area contributed by atoms with Gasteiger partial charge in [0.2, 0.25) is 0 Å². The van der Waals surface area contributed by atoms with Crippen molar-refractivity contribution in [3.63, 3.8) is 0 Å². The van der Waals surface area contributed by atoms with Crippen LogP contribution in [0.3, 0.4) is 0 Å². The van der Waals surface area contributed by atoms with Crippen molar-refractivity contribution in [2.75, 3.05) is 18.5 Å². The van der Waals surface area contributed by atoms with Crippen LogP contribution in [0.25, 0.3) is 0 Å². The molecule has 2 rings (SSSR count). The molecule has 0 fully saturated rings. The number of hydrogen-bond donors (Lipinski definition) is 2. The fourth-order valence-electron chi connectivity index (χ4n) is 2.37. The number of amides is 2. The minimum absolute atomic E-state index is 0.149. The van der Waals surface area contributed by atoms with E-state index in [0.717, 1.165) is 29.5 Å². The zero-order valence-electron chi connectivity index (χ0n) is 15.7. The van der Waals surface area contributed by atoms with E-state index in [4.69, 9.17) is 4.74 Å². The Balaban J connectivity index is 2.04. The van der Waals surface area contributed by atoms with E-state index < -0.39 is 0 Å². The summed E-state index contributed by atoms with van der Waals surface area (Å²) in [6.07, 6.45) is 2.92. The number of ether oxygens (including phenoxy) is 1. The van der Waals surface area contributed by atoms with Gasteiger partial charge in [-0.1, -0.05) is 26.3 Å². The molecule has 6 heteroatoms. The van der Waals surface area contributed by atoms with Crippen molar-refractivity contribution in [1.29, 1.82) is 0 Å². The second kappa shape index (κ2) is 10.7. The number of benzene rings is 2. The van der Waals surface area contributed by atoms with Crippen molar-refractivity contribution in [3.05, 3.63) is 58.1 Å². The summed E-state index contributed by atoms with van der Waals surface area (Å²) in [5, 5.41) is 5.65. The van der Waals surface area contributed by atoms with Gasteiger partial charge in [-0.2, -0.15) is 0 Å². The van der Waals surface area contributed by atoms with E-state index in [0.29, 0.717) is 30.0 Å². The first-order valence-corrected chi connectivity index (χ1v) is 9.96. The Kier molecular flexibility index (Phi) is 8.33. The van der Waals surface area contributed by atoms with E-state index >= 15 is 0 Å². The van der Waals surface area contributed by atoms with Crippen LogP contribution in [-0.4, -0.2) is 25.0 Å². The summed E-state index contributed by atoms with van der Waals surface area (Å²) in [5.74, 6) is 0.320. The molecule has 5 nitrogen and oxygen atoms in total. The molecule has 144 valence electrons. The number of carbonyl (C=O) groups excluding carboxylic acids is 2. The molecular formula is C21H25BrN2O3. The largest absolute Gasteiger partial charge is 0.492 e. The van der Waals surface area contributed by atoms with Crippen molar-refractivity contribution < 1.29 is 14.3 Å². The van der Waals surface area contributed by atoms with Crippen LogP contribution < -0.4 is 15.4 Å². The quantitative estimate of drug-likeness (QED) is 0.546.